The summed E-state index contributed by atoms with van der Waals surface area (Å²) in [4.78, 5) is 19.7. The summed E-state index contributed by atoms with van der Waals surface area (Å²) >= 11 is 0. The molecule has 6 nitrogen and oxygen atoms in total. The number of fused-ring (bicyclic) bond motifs is 1. The number of amides is 1. The number of H-pyrrole nitrogens is 1. The van der Waals surface area contributed by atoms with E-state index in [1.807, 2.05) is 25.1 Å². The van der Waals surface area contributed by atoms with E-state index in [0.29, 0.717) is 6.42 Å². The molecule has 1 aromatic heterocycles. The lowest BCUT2D eigenvalue weighted by molar-refractivity contribution is -0.120. The van der Waals surface area contributed by atoms with Crippen molar-refractivity contribution in [1.82, 2.24) is 15.3 Å². The maximum Gasteiger partial charge on any atom is 0.224 e. The molecule has 3 rings (SSSR count). The van der Waals surface area contributed by atoms with Crippen LogP contribution in [-0.2, 0) is 27.5 Å². The third-order valence-corrected chi connectivity index (χ3v) is 5.66. The Morgan fingerprint density at radius 2 is 2.27 bits per heavy atom. The first-order valence-electron chi connectivity index (χ1n) is 7.42. The molecule has 0 spiro atoms. The predicted octanol–water partition coefficient (Wildman–Crippen LogP) is 0.971. The van der Waals surface area contributed by atoms with Gasteiger partial charge in [-0.1, -0.05) is 13.0 Å². The molecule has 7 heteroatoms. The Kier molecular flexibility index (Phi) is 3.90. The highest BCUT2D eigenvalue weighted by Crippen LogP contribution is 2.15. The van der Waals surface area contributed by atoms with Gasteiger partial charge in [0, 0.05) is 12.5 Å². The number of imidazole rings is 1. The van der Waals surface area contributed by atoms with Crippen molar-refractivity contribution >= 4 is 26.8 Å². The lowest BCUT2D eigenvalue weighted by Crippen LogP contribution is -2.36. The summed E-state index contributed by atoms with van der Waals surface area (Å²) in [6.45, 7) is 2.03. The standard InChI is InChI=1S/C15H19N3O3S/c1-2-14-17-12-4-3-10(7-13(12)18-14)8-15(19)16-11-5-6-22(20,21)9-11/h3-4,7,11H,2,5-6,8-9H2,1H3,(H,16,19)(H,17,18). The summed E-state index contributed by atoms with van der Waals surface area (Å²) in [5.74, 6) is 1.00. The van der Waals surface area contributed by atoms with E-state index < -0.39 is 9.84 Å². The van der Waals surface area contributed by atoms with Gasteiger partial charge in [0.15, 0.2) is 9.84 Å². The highest BCUT2D eigenvalue weighted by Gasteiger charge is 2.28. The zero-order valence-corrected chi connectivity index (χ0v) is 13.2. The lowest BCUT2D eigenvalue weighted by Gasteiger charge is -2.10. The number of nitrogens with one attached hydrogen (secondary N) is 2. The van der Waals surface area contributed by atoms with Gasteiger partial charge in [0.25, 0.3) is 0 Å². The van der Waals surface area contributed by atoms with Crippen LogP contribution < -0.4 is 5.32 Å². The van der Waals surface area contributed by atoms with Gasteiger partial charge in [-0.2, -0.15) is 0 Å². The monoisotopic (exact) mass is 321 g/mol. The van der Waals surface area contributed by atoms with E-state index in [1.165, 1.54) is 0 Å². The summed E-state index contributed by atoms with van der Waals surface area (Å²) in [5, 5.41) is 2.80. The van der Waals surface area contributed by atoms with Crippen LogP contribution in [0.4, 0.5) is 0 Å². The summed E-state index contributed by atoms with van der Waals surface area (Å²) in [6.07, 6.45) is 1.58. The molecule has 2 heterocycles. The molecule has 1 aromatic carbocycles. The van der Waals surface area contributed by atoms with Crippen molar-refractivity contribution < 1.29 is 13.2 Å². The number of aryl methyl sites for hydroxylation is 1. The largest absolute Gasteiger partial charge is 0.352 e. The van der Waals surface area contributed by atoms with Crippen LogP contribution in [-0.4, -0.2) is 41.8 Å². The molecule has 0 aliphatic carbocycles. The molecule has 2 N–H and O–H groups in total. The minimum atomic E-state index is -2.97. The van der Waals surface area contributed by atoms with Crippen LogP contribution in [0, 0.1) is 0 Å². The fraction of sp³-hybridized carbons (Fsp3) is 0.467. The van der Waals surface area contributed by atoms with Gasteiger partial charge in [-0.05, 0) is 24.1 Å². The zero-order chi connectivity index (χ0) is 15.7. The minimum Gasteiger partial charge on any atom is -0.352 e. The normalized spacial score (nSPS) is 20.3. The molecule has 0 radical (unpaired) electrons. The number of hydrogen-bond donors (Lipinski definition) is 2. The number of benzene rings is 1. The molecular weight excluding hydrogens is 302 g/mol. The van der Waals surface area contributed by atoms with Gasteiger partial charge in [-0.25, -0.2) is 13.4 Å². The Morgan fingerprint density at radius 3 is 2.95 bits per heavy atom. The first-order valence-corrected chi connectivity index (χ1v) is 9.24. The molecule has 1 atom stereocenters. The topological polar surface area (TPSA) is 91.9 Å². The van der Waals surface area contributed by atoms with Crippen LogP contribution in [0.1, 0.15) is 24.7 Å². The third kappa shape index (κ3) is 3.30. The Bertz CT molecular complexity index is 811. The molecule has 1 amide bonds. The minimum absolute atomic E-state index is 0.0538. The smallest absolute Gasteiger partial charge is 0.224 e. The van der Waals surface area contributed by atoms with Crippen LogP contribution >= 0.6 is 0 Å². The molecule has 1 aliphatic heterocycles. The molecule has 118 valence electrons. The Balaban J connectivity index is 1.66. The number of carbonyl (C=O) groups excluding carboxylic acids is 1. The number of aromatic nitrogens is 2. The molecule has 1 aliphatic rings. The molecule has 22 heavy (non-hydrogen) atoms. The maximum atomic E-state index is 12.0. The number of aromatic amines is 1. The zero-order valence-electron chi connectivity index (χ0n) is 12.4. The first-order chi connectivity index (χ1) is 10.4. The van der Waals surface area contributed by atoms with E-state index in [0.717, 1.165) is 28.8 Å². The highest BCUT2D eigenvalue weighted by molar-refractivity contribution is 7.91. The number of nitrogens with zero attached hydrogens (tertiary/aromatic N) is 1. The second-order valence-corrected chi connectivity index (χ2v) is 7.96. The molecule has 0 bridgehead atoms. The van der Waals surface area contributed by atoms with Crippen LogP contribution in [0.5, 0.6) is 0 Å². The summed E-state index contributed by atoms with van der Waals surface area (Å²) < 4.78 is 22.8. The van der Waals surface area contributed by atoms with Crippen molar-refractivity contribution in [3.8, 4) is 0 Å². The highest BCUT2D eigenvalue weighted by atomic mass is 32.2. The summed E-state index contributed by atoms with van der Waals surface area (Å²) in [7, 11) is -2.97. The van der Waals surface area contributed by atoms with Gasteiger partial charge in [0.2, 0.25) is 5.91 Å². The summed E-state index contributed by atoms with van der Waals surface area (Å²) in [5.41, 5.74) is 2.70. The van der Waals surface area contributed by atoms with Crippen molar-refractivity contribution in [3.63, 3.8) is 0 Å². The predicted molar refractivity (Wildman–Crippen MR) is 84.4 cm³/mol. The fourth-order valence-electron chi connectivity index (χ4n) is 2.76. The van der Waals surface area contributed by atoms with Gasteiger partial charge >= 0.3 is 0 Å². The maximum absolute atomic E-state index is 12.0. The van der Waals surface area contributed by atoms with Crippen molar-refractivity contribution in [3.05, 3.63) is 29.6 Å². The van der Waals surface area contributed by atoms with E-state index in [2.05, 4.69) is 15.3 Å². The number of rotatable bonds is 4. The first kappa shape index (κ1) is 15.0. The van der Waals surface area contributed by atoms with Crippen molar-refractivity contribution in [2.75, 3.05) is 11.5 Å². The van der Waals surface area contributed by atoms with Gasteiger partial charge in [-0.15, -0.1) is 0 Å². The van der Waals surface area contributed by atoms with E-state index in [-0.39, 0.29) is 29.9 Å². The van der Waals surface area contributed by atoms with Gasteiger partial charge < -0.3 is 10.3 Å². The average Bonchev–Trinajstić information content (AvgIpc) is 3.00. The SMILES string of the molecule is CCc1nc2ccc(CC(=O)NC3CCS(=O)(=O)C3)cc2[nH]1. The Morgan fingerprint density at radius 1 is 1.45 bits per heavy atom. The average molecular weight is 321 g/mol. The van der Waals surface area contributed by atoms with E-state index >= 15 is 0 Å². The van der Waals surface area contributed by atoms with Crippen molar-refractivity contribution in [2.45, 2.75) is 32.2 Å². The van der Waals surface area contributed by atoms with Gasteiger partial charge in [0.1, 0.15) is 5.82 Å². The second kappa shape index (κ2) is 5.72. The van der Waals surface area contributed by atoms with Crippen molar-refractivity contribution in [1.29, 1.82) is 0 Å². The molecule has 1 saturated heterocycles. The van der Waals surface area contributed by atoms with Gasteiger partial charge in [-0.3, -0.25) is 4.79 Å². The van der Waals surface area contributed by atoms with E-state index in [4.69, 9.17) is 0 Å². The van der Waals surface area contributed by atoms with Crippen molar-refractivity contribution in [2.24, 2.45) is 0 Å². The Hall–Kier alpha value is -1.89. The second-order valence-electron chi connectivity index (χ2n) is 5.73. The van der Waals surface area contributed by atoms with Crippen LogP contribution in [0.25, 0.3) is 11.0 Å². The summed E-state index contributed by atoms with van der Waals surface area (Å²) in [6, 6.07) is 5.45. The molecule has 1 fully saturated rings. The van der Waals surface area contributed by atoms with Crippen LogP contribution in [0.15, 0.2) is 18.2 Å². The van der Waals surface area contributed by atoms with Crippen LogP contribution in [0.3, 0.4) is 0 Å². The molecule has 0 saturated carbocycles. The van der Waals surface area contributed by atoms with E-state index in [1.54, 1.807) is 0 Å². The number of hydrogen-bond acceptors (Lipinski definition) is 4. The number of sulfone groups is 1. The fourth-order valence-corrected chi connectivity index (χ4v) is 4.43. The van der Waals surface area contributed by atoms with Crippen LogP contribution in [0.2, 0.25) is 0 Å². The quantitative estimate of drug-likeness (QED) is 0.878. The van der Waals surface area contributed by atoms with Gasteiger partial charge in [0.05, 0.1) is 29.0 Å². The number of carbonyl (C=O) groups is 1. The Labute approximate surface area is 129 Å². The molecule has 2 aromatic rings. The lowest BCUT2D eigenvalue weighted by atomic mass is 10.1. The third-order valence-electron chi connectivity index (χ3n) is 3.89. The molecular formula is C15H19N3O3S. The van der Waals surface area contributed by atoms with E-state index in [9.17, 15) is 13.2 Å². The molecule has 1 unspecified atom stereocenters.